The molecule has 2 aliphatic carbocycles. The molecule has 0 unspecified atom stereocenters. The maximum atomic E-state index is 15.6. The summed E-state index contributed by atoms with van der Waals surface area (Å²) in [6, 6.07) is -2.00. The molecule has 2 saturated carbocycles. The van der Waals surface area contributed by atoms with Crippen molar-refractivity contribution in [3.8, 4) is 11.8 Å². The zero-order chi connectivity index (χ0) is 57.8. The molecular formula is C59H84N10O11. The van der Waals surface area contributed by atoms with Crippen LogP contribution >= 0.6 is 0 Å². The number of pyridine rings is 1. The van der Waals surface area contributed by atoms with Crippen LogP contribution in [-0.4, -0.2) is 130 Å². The first-order chi connectivity index (χ1) is 37.7. The largest absolute Gasteiger partial charge is 0.488 e. The molecule has 436 valence electrons. The van der Waals surface area contributed by atoms with Gasteiger partial charge in [-0.25, -0.2) is 23.9 Å². The van der Waals surface area contributed by atoms with Crippen LogP contribution in [0.15, 0.2) is 29.5 Å². The number of rotatable bonds is 7. The zero-order valence-electron chi connectivity index (χ0n) is 48.7. The minimum atomic E-state index is -1.21. The summed E-state index contributed by atoms with van der Waals surface area (Å²) in [4.78, 5) is 116. The van der Waals surface area contributed by atoms with Crippen LogP contribution in [0.4, 0.5) is 9.59 Å². The number of aromatic nitrogens is 5. The highest BCUT2D eigenvalue weighted by atomic mass is 16.6. The van der Waals surface area contributed by atoms with E-state index in [4.69, 9.17) is 29.7 Å². The molecule has 4 N–H and O–H groups in total. The Balaban J connectivity index is 1.05. The number of carbonyl (C=O) groups excluding carboxylic acids is 6. The number of ether oxygens (including phenoxy) is 4. The summed E-state index contributed by atoms with van der Waals surface area (Å²) in [6.45, 7) is 20.4. The Morgan fingerprint density at radius 1 is 0.800 bits per heavy atom. The number of hydrogen-bond donors (Lipinski definition) is 3. The smallest absolute Gasteiger partial charge is 0.408 e. The third kappa shape index (κ3) is 11.9. The van der Waals surface area contributed by atoms with Crippen LogP contribution in [0.25, 0.3) is 11.7 Å². The minimum Gasteiger partial charge on any atom is -0.488 e. The Labute approximate surface area is 468 Å². The normalized spacial score (nSPS) is 32.0. The van der Waals surface area contributed by atoms with Gasteiger partial charge in [-0.3, -0.25) is 19.2 Å². The summed E-state index contributed by atoms with van der Waals surface area (Å²) in [7, 11) is 0. The number of amides is 4. The van der Waals surface area contributed by atoms with Crippen LogP contribution in [0.3, 0.4) is 0 Å². The van der Waals surface area contributed by atoms with Crippen molar-refractivity contribution in [3.63, 3.8) is 0 Å². The molecule has 7 heterocycles. The lowest BCUT2D eigenvalue weighted by molar-refractivity contribution is -0.142. The molecule has 4 bridgehead atoms. The van der Waals surface area contributed by atoms with Gasteiger partial charge < -0.3 is 49.5 Å². The number of Topliss-reactive ketones (excluding diaryl/α,β-unsaturated/α-hetero) is 2. The van der Waals surface area contributed by atoms with Crippen LogP contribution in [0, 0.1) is 34.5 Å². The van der Waals surface area contributed by atoms with Crippen LogP contribution < -0.4 is 31.5 Å². The fourth-order valence-electron chi connectivity index (χ4n) is 13.4. The van der Waals surface area contributed by atoms with Crippen molar-refractivity contribution >= 4 is 47.3 Å². The number of nitrogens with zero attached hydrogens (tertiary/aromatic N) is 7. The van der Waals surface area contributed by atoms with Gasteiger partial charge in [-0.15, -0.1) is 0 Å². The number of nitrogens with two attached hydrogens (primary N) is 1. The van der Waals surface area contributed by atoms with Gasteiger partial charge in [-0.05, 0) is 109 Å². The number of aryl methyl sites for hydroxylation is 1. The van der Waals surface area contributed by atoms with E-state index in [-0.39, 0.29) is 60.7 Å². The van der Waals surface area contributed by atoms with E-state index < -0.39 is 94.0 Å². The first-order valence-corrected chi connectivity index (χ1v) is 29.1. The highest BCUT2D eigenvalue weighted by Crippen LogP contribution is 2.51. The standard InChI is InChI=1S/C59H84N10O11/c1-12-40-43-32-69(47(40)35(4)71)51(73)49(65-55(76)80-59(11)27-38(59)21-17-14-18-24-66-52(74)62-44(22-23-60)63-53(66)78-43)57(8,9)28-39-29-61-45-25-41-36(30-67(39)45)19-15-13-16-20-37-26-58(37,10)79-54(75)64-48(56(5,6)7)50(72)68-31-42(77-41)33(2)46(68)34(3)70/h22-23,25,29-30,33,37-38,40,42-43,46-49H,12-21,24,26-28,31-32,60H2,1-11H3,(H,64,75)(H,65,76)/t33-,37-,38-,40-,42+,43+,46+,47-,48-,49-,58-,59-/m1/s1. The predicted molar refractivity (Wildman–Crippen MR) is 296 cm³/mol. The van der Waals surface area contributed by atoms with Crippen LogP contribution in [0.5, 0.6) is 11.8 Å². The van der Waals surface area contributed by atoms with Gasteiger partial charge >= 0.3 is 23.9 Å². The number of nitrogens with one attached hydrogen (secondary N) is 2. The van der Waals surface area contributed by atoms with Crippen molar-refractivity contribution in [1.29, 1.82) is 0 Å². The maximum Gasteiger partial charge on any atom is 0.408 e. The van der Waals surface area contributed by atoms with E-state index in [1.807, 2.05) is 79.0 Å². The van der Waals surface area contributed by atoms with Crippen LogP contribution in [0.1, 0.15) is 164 Å². The fraction of sp³-hybridized carbons (Fsp3) is 0.695. The van der Waals surface area contributed by atoms with E-state index in [0.717, 1.165) is 62.6 Å². The van der Waals surface area contributed by atoms with Gasteiger partial charge in [0.15, 0.2) is 17.4 Å². The summed E-state index contributed by atoms with van der Waals surface area (Å²) in [5, 5.41) is 5.91. The predicted octanol–water partition coefficient (Wildman–Crippen LogP) is 6.72. The van der Waals surface area contributed by atoms with Crippen molar-refractivity contribution in [1.82, 2.24) is 44.4 Å². The average molecular weight is 1110 g/mol. The molecule has 0 spiro atoms. The quantitative estimate of drug-likeness (QED) is 0.222. The van der Waals surface area contributed by atoms with Crippen molar-refractivity contribution in [3.05, 3.63) is 52.2 Å². The van der Waals surface area contributed by atoms with Gasteiger partial charge in [0.2, 0.25) is 11.8 Å². The molecule has 0 aromatic carbocycles. The summed E-state index contributed by atoms with van der Waals surface area (Å²) in [5.41, 5.74) is 4.22. The van der Waals surface area contributed by atoms with Crippen LogP contribution in [0.2, 0.25) is 0 Å². The van der Waals surface area contributed by atoms with Crippen molar-refractivity contribution in [2.75, 3.05) is 13.1 Å². The van der Waals surface area contributed by atoms with E-state index in [9.17, 15) is 28.8 Å². The lowest BCUT2D eigenvalue weighted by Gasteiger charge is -2.37. The summed E-state index contributed by atoms with van der Waals surface area (Å²) >= 11 is 0. The molecule has 6 aliphatic rings. The highest BCUT2D eigenvalue weighted by molar-refractivity contribution is 5.94. The number of ketones is 2. The number of hydrogen-bond acceptors (Lipinski definition) is 15. The zero-order valence-corrected chi connectivity index (χ0v) is 48.7. The Hall–Kier alpha value is -6.54. The third-order valence-electron chi connectivity index (χ3n) is 18.3. The monoisotopic (exact) mass is 1110 g/mol. The van der Waals surface area contributed by atoms with E-state index in [1.54, 1.807) is 11.1 Å². The van der Waals surface area contributed by atoms with Gasteiger partial charge in [0.1, 0.15) is 46.9 Å². The number of imidazole rings is 1. The average Bonchev–Trinajstić information content (AvgIpc) is 4.15. The molecule has 12 atom stereocenters. The lowest BCUT2D eigenvalue weighted by Crippen LogP contribution is -2.58. The molecule has 2 saturated heterocycles. The van der Waals surface area contributed by atoms with Crippen molar-refractivity contribution in [2.45, 2.75) is 214 Å². The van der Waals surface area contributed by atoms with Crippen molar-refractivity contribution < 1.29 is 47.7 Å². The van der Waals surface area contributed by atoms with Gasteiger partial charge in [-0.1, -0.05) is 74.1 Å². The Morgan fingerprint density at radius 2 is 1.40 bits per heavy atom. The van der Waals surface area contributed by atoms with E-state index in [0.29, 0.717) is 43.6 Å². The molecule has 4 fully saturated rings. The summed E-state index contributed by atoms with van der Waals surface area (Å²) in [5.74, 6) is -1.26. The molecule has 9 rings (SSSR count). The molecule has 4 aliphatic heterocycles. The van der Waals surface area contributed by atoms with E-state index >= 15 is 4.79 Å². The Kier molecular flexibility index (Phi) is 16.3. The van der Waals surface area contributed by atoms with Gasteiger partial charge in [0.05, 0.1) is 25.2 Å². The minimum absolute atomic E-state index is 0.0282. The first-order valence-electron chi connectivity index (χ1n) is 29.1. The molecule has 80 heavy (non-hydrogen) atoms. The van der Waals surface area contributed by atoms with E-state index in [2.05, 4.69) is 20.6 Å². The first kappa shape index (κ1) is 58.1. The second-order valence-corrected chi connectivity index (χ2v) is 26.0. The number of alkyl carbamates (subject to hydrolysis) is 2. The number of carbonyl (C=O) groups is 6. The molecule has 0 radical (unpaired) electrons. The molecule has 21 heteroatoms. The topological polar surface area (TPSA) is 261 Å². The summed E-state index contributed by atoms with van der Waals surface area (Å²) in [6.07, 6.45) is 13.0. The number of fused-ring (bicyclic) bond motifs is 9. The fourth-order valence-corrected chi connectivity index (χ4v) is 13.4. The third-order valence-corrected chi connectivity index (χ3v) is 18.3. The SMILES string of the molecule is CC[C@@H]1[C@@H]2CN(C(=O)[C@H](C(C)(C)Cc3cnc4cc5c(cn34)CCCCC[C@@H]3C[C@@]3(C)OC(=O)N[C@@H](C(C)(C)C)C(=O)N3C[C@H](O5)[C@@H](C)[C@H]3C(C)=O)NC(=O)O[C@]3(C)C[C@H]3CCCCCn3c(nc(C=CN)nc3=O)O2)[C@@H]1C(C)=O. The lowest BCUT2D eigenvalue weighted by atomic mass is 9.79. The molecule has 3 aromatic heterocycles. The van der Waals surface area contributed by atoms with Crippen molar-refractivity contribution in [2.24, 2.45) is 40.2 Å². The van der Waals surface area contributed by atoms with E-state index in [1.165, 1.54) is 35.6 Å². The molecule has 3 aromatic rings. The Morgan fingerprint density at radius 3 is 2.01 bits per heavy atom. The Bertz CT molecular complexity index is 2980. The van der Waals surface area contributed by atoms with Crippen LogP contribution in [-0.2, 0) is 48.0 Å². The molecule has 21 nitrogen and oxygen atoms in total. The van der Waals surface area contributed by atoms with Gasteiger partial charge in [0, 0.05) is 59.9 Å². The van der Waals surface area contributed by atoms with Gasteiger partial charge in [0.25, 0.3) is 0 Å². The summed E-state index contributed by atoms with van der Waals surface area (Å²) < 4.78 is 29.2. The molecular weight excluding hydrogens is 1020 g/mol. The molecule has 4 amide bonds. The van der Waals surface area contributed by atoms with Gasteiger partial charge in [-0.2, -0.15) is 9.97 Å². The highest BCUT2D eigenvalue weighted by Gasteiger charge is 2.57. The maximum absolute atomic E-state index is 15.6. The second-order valence-electron chi connectivity index (χ2n) is 26.0. The second kappa shape index (κ2) is 22.4.